The van der Waals surface area contributed by atoms with E-state index in [9.17, 15) is 29.6 Å². The molecule has 0 bridgehead atoms. The third-order valence-electron chi connectivity index (χ3n) is 13.3. The summed E-state index contributed by atoms with van der Waals surface area (Å²) in [6.07, 6.45) is 13.8. The Morgan fingerprint density at radius 3 is 1.73 bits per heavy atom. The van der Waals surface area contributed by atoms with E-state index < -0.39 is 35.0 Å². The summed E-state index contributed by atoms with van der Waals surface area (Å²) in [7, 11) is -4.29. The second-order valence-electron chi connectivity index (χ2n) is 19.5. The largest absolute Gasteiger partial charge is 0.490 e. The van der Waals surface area contributed by atoms with Gasteiger partial charge in [-0.05, 0) is 128 Å². The normalized spacial score (nSPS) is 16.9. The lowest BCUT2D eigenvalue weighted by molar-refractivity contribution is 0.122. The number of nitrogens with zero attached hydrogens (tertiary/aromatic N) is 7. The number of piperidine rings is 3. The van der Waals surface area contributed by atoms with E-state index in [1.165, 1.54) is 108 Å². The third kappa shape index (κ3) is 20.4. The predicted molar refractivity (Wildman–Crippen MR) is 303 cm³/mol. The fraction of sp³-hybridized carbons (Fsp3) is 0.537. The Morgan fingerprint density at radius 1 is 0.692 bits per heavy atom. The number of ether oxygens (including phenoxy) is 3. The fourth-order valence-electron chi connectivity index (χ4n) is 9.13. The summed E-state index contributed by atoms with van der Waals surface area (Å²) in [5, 5.41) is 9.00. The van der Waals surface area contributed by atoms with Gasteiger partial charge in [-0.25, -0.2) is 36.2 Å². The van der Waals surface area contributed by atoms with Crippen LogP contribution in [0.5, 0.6) is 11.6 Å². The number of hydrogen-bond donors (Lipinski definition) is 2. The minimum Gasteiger partial charge on any atom is -0.490 e. The number of nitrogens with one attached hydrogen (secondary N) is 1. The van der Waals surface area contributed by atoms with Gasteiger partial charge in [0, 0.05) is 66.6 Å². The van der Waals surface area contributed by atoms with Crippen molar-refractivity contribution in [3.8, 4) is 22.9 Å². The maximum absolute atomic E-state index is 15.0. The lowest BCUT2D eigenvalue weighted by atomic mass is 10.1. The Balaban J connectivity index is 0.000000206. The van der Waals surface area contributed by atoms with Crippen molar-refractivity contribution in [1.29, 1.82) is 0 Å². The molecule has 4 saturated heterocycles. The van der Waals surface area contributed by atoms with Gasteiger partial charge in [0.25, 0.3) is 19.2 Å². The van der Waals surface area contributed by atoms with Crippen LogP contribution in [0.25, 0.3) is 22.2 Å². The summed E-state index contributed by atoms with van der Waals surface area (Å²) in [6, 6.07) is 17.4. The Hall–Kier alpha value is -4.82. The Morgan fingerprint density at radius 2 is 1.22 bits per heavy atom. The van der Waals surface area contributed by atoms with Crippen molar-refractivity contribution in [2.24, 2.45) is 0 Å². The Labute approximate surface area is 465 Å². The van der Waals surface area contributed by atoms with Gasteiger partial charge >= 0.3 is 0 Å². The van der Waals surface area contributed by atoms with E-state index in [0.717, 1.165) is 56.7 Å². The summed E-state index contributed by atoms with van der Waals surface area (Å²) in [4.78, 5) is 23.2. The van der Waals surface area contributed by atoms with Crippen LogP contribution in [0.4, 0.5) is 16.0 Å². The van der Waals surface area contributed by atoms with Crippen LogP contribution in [0.15, 0.2) is 82.7 Å². The third-order valence-corrected chi connectivity index (χ3v) is 16.6. The molecule has 78 heavy (non-hydrogen) atoms. The molecule has 9 rings (SSSR count). The molecule has 6 heterocycles. The lowest BCUT2D eigenvalue weighted by Gasteiger charge is -2.28. The molecule has 0 saturated carbocycles. The summed E-state index contributed by atoms with van der Waals surface area (Å²) in [5.41, 5.74) is 3.52. The van der Waals surface area contributed by atoms with Crippen LogP contribution in [-0.2, 0) is 38.1 Å². The van der Waals surface area contributed by atoms with Crippen molar-refractivity contribution in [2.45, 2.75) is 81.4 Å². The number of benzene rings is 3. The molecule has 430 valence electrons. The molecule has 0 radical (unpaired) electrons. The number of aryl methyl sites for hydroxylation is 2. The number of likely N-dealkylation sites (tertiary alicyclic amines) is 3. The molecule has 0 aliphatic carbocycles. The standard InChI is InChI=1S/C26H33FN6O5S.C14H21NO3S.C7H7ClO2S.C7H15NO/c1-36-25-21(31-39(2,34)35)14-18(17-28-25)23-20-15-19(27)16-22(38-13-8-32-6-4-3-5-7-32)24(20)30-26(29-23)33-9-11-37-12-10-33;1-13-5-7-14(8-6-13)19(16,17)18-12-11-15-9-3-2-4-10-15;1-6-2-4-7(5-3-6)11(8,9)10;9-7-6-8-4-2-1-3-5-8/h14-17,31H,3-13H2,1-2H3;5-8H,2-4,9-12H2,1H3;2-5H,1H3;9H,1-7H2. The van der Waals surface area contributed by atoms with E-state index in [1.807, 2.05) is 18.7 Å². The van der Waals surface area contributed by atoms with Crippen molar-refractivity contribution in [3.05, 3.63) is 89.9 Å². The van der Waals surface area contributed by atoms with Crippen LogP contribution in [0, 0.1) is 19.7 Å². The number of anilines is 2. The van der Waals surface area contributed by atoms with Gasteiger partial charge in [-0.1, -0.05) is 54.7 Å². The van der Waals surface area contributed by atoms with Crippen LogP contribution in [-0.4, -0.2) is 178 Å². The molecule has 24 heteroatoms. The van der Waals surface area contributed by atoms with Crippen molar-refractivity contribution in [1.82, 2.24) is 29.7 Å². The topological polar surface area (TPSA) is 223 Å². The average molecular weight is 1160 g/mol. The molecule has 4 aliphatic heterocycles. The van der Waals surface area contributed by atoms with Crippen molar-refractivity contribution < 1.29 is 53.1 Å². The predicted octanol–water partition coefficient (Wildman–Crippen LogP) is 7.49. The highest BCUT2D eigenvalue weighted by molar-refractivity contribution is 8.13. The molecular formula is C54H76ClFN8O11S3. The highest BCUT2D eigenvalue weighted by atomic mass is 35.7. The van der Waals surface area contributed by atoms with Crippen LogP contribution in [0.2, 0.25) is 0 Å². The lowest BCUT2D eigenvalue weighted by Crippen LogP contribution is -2.37. The highest BCUT2D eigenvalue weighted by Gasteiger charge is 2.23. The van der Waals surface area contributed by atoms with Gasteiger partial charge in [-0.2, -0.15) is 8.42 Å². The first-order valence-corrected chi connectivity index (χ1v) is 32.2. The monoisotopic (exact) mass is 1160 g/mol. The van der Waals surface area contributed by atoms with Gasteiger partial charge in [-0.3, -0.25) is 13.8 Å². The molecule has 3 aromatic carbocycles. The first-order chi connectivity index (χ1) is 37.3. The van der Waals surface area contributed by atoms with Gasteiger partial charge in [0.1, 0.15) is 29.4 Å². The van der Waals surface area contributed by atoms with E-state index in [4.69, 9.17) is 44.2 Å². The molecule has 0 atom stereocenters. The number of pyridine rings is 1. The number of halogens is 2. The molecule has 0 unspecified atom stereocenters. The average Bonchev–Trinajstić information content (AvgIpc) is 3.42. The zero-order valence-corrected chi connectivity index (χ0v) is 48.5. The summed E-state index contributed by atoms with van der Waals surface area (Å²) < 4.78 is 109. The van der Waals surface area contributed by atoms with Crippen LogP contribution >= 0.6 is 10.7 Å². The smallest absolute Gasteiger partial charge is 0.297 e. The van der Waals surface area contributed by atoms with Gasteiger partial charge in [0.2, 0.25) is 21.9 Å². The first-order valence-electron chi connectivity index (χ1n) is 26.6. The van der Waals surface area contributed by atoms with Gasteiger partial charge in [0.15, 0.2) is 0 Å². The number of methoxy groups -OCH3 is 1. The maximum atomic E-state index is 15.0. The van der Waals surface area contributed by atoms with E-state index in [0.29, 0.717) is 79.9 Å². The van der Waals surface area contributed by atoms with Crippen LogP contribution in [0.3, 0.4) is 0 Å². The fourth-order valence-corrected chi connectivity index (χ4v) is 11.3. The molecule has 0 amide bonds. The minimum atomic E-state index is -3.62. The van der Waals surface area contributed by atoms with Crippen LogP contribution in [0.1, 0.15) is 68.9 Å². The second kappa shape index (κ2) is 30.7. The molecule has 4 fully saturated rings. The van der Waals surface area contributed by atoms with Gasteiger partial charge in [0.05, 0.1) is 55.3 Å². The van der Waals surface area contributed by atoms with Crippen LogP contribution < -0.4 is 19.1 Å². The zero-order chi connectivity index (χ0) is 56.1. The molecule has 2 aromatic heterocycles. The van der Waals surface area contributed by atoms with Crippen molar-refractivity contribution in [3.63, 3.8) is 0 Å². The van der Waals surface area contributed by atoms with E-state index >= 15 is 0 Å². The number of rotatable bonds is 17. The molecule has 5 aromatic rings. The highest BCUT2D eigenvalue weighted by Crippen LogP contribution is 2.37. The Kier molecular flexibility index (Phi) is 24.5. The molecule has 4 aliphatic rings. The zero-order valence-electron chi connectivity index (χ0n) is 45.2. The number of hydrogen-bond acceptors (Lipinski definition) is 18. The number of aliphatic hydroxyl groups is 1. The number of morpholine rings is 1. The number of β-amino-alcohol motifs (C(OH)–C–C–N with tert-alkyl or cyclic N) is 1. The van der Waals surface area contributed by atoms with Gasteiger partial charge < -0.3 is 34.0 Å². The van der Waals surface area contributed by atoms with Gasteiger partial charge in [-0.15, -0.1) is 0 Å². The summed E-state index contributed by atoms with van der Waals surface area (Å²) in [6.45, 7) is 15.9. The second-order valence-corrected chi connectivity index (χ2v) is 25.5. The number of sulfonamides is 1. The first kappa shape index (κ1) is 62.4. The SMILES string of the molecule is COc1ncc(-c2nc(N3CCOCC3)nc3c(OCCN4CCCCC4)cc(F)cc23)cc1NS(C)(=O)=O.Cc1ccc(S(=O)(=O)Cl)cc1.Cc1ccc(S(=O)(=O)OCCN2CCCCC2)cc1.OCCN1CCCCC1. The minimum absolute atomic E-state index is 0.101. The number of aromatic nitrogens is 3. The van der Waals surface area contributed by atoms with E-state index in [-0.39, 0.29) is 28.0 Å². The molecule has 19 nitrogen and oxygen atoms in total. The molecule has 0 spiro atoms. The quantitative estimate of drug-likeness (QED) is 0.0680. The van der Waals surface area contributed by atoms with E-state index in [1.54, 1.807) is 42.5 Å². The number of fused-ring (bicyclic) bond motifs is 1. The number of aliphatic hydroxyl groups excluding tert-OH is 1. The summed E-state index contributed by atoms with van der Waals surface area (Å²) in [5.74, 6) is 0.386. The maximum Gasteiger partial charge on any atom is 0.297 e. The Bertz CT molecular complexity index is 3000. The van der Waals surface area contributed by atoms with Crippen molar-refractivity contribution in [2.75, 3.05) is 128 Å². The van der Waals surface area contributed by atoms with Crippen molar-refractivity contribution >= 4 is 62.4 Å². The molecule has 2 N–H and O–H groups in total. The summed E-state index contributed by atoms with van der Waals surface area (Å²) >= 11 is 0. The van der Waals surface area contributed by atoms with E-state index in [2.05, 4.69) is 24.4 Å². The molecular weight excluding hydrogens is 1090 g/mol.